The van der Waals surface area contributed by atoms with E-state index in [1.54, 1.807) is 4.90 Å². The summed E-state index contributed by atoms with van der Waals surface area (Å²) in [6, 6.07) is 1.54. The summed E-state index contributed by atoms with van der Waals surface area (Å²) in [6.45, 7) is 4.71. The van der Waals surface area contributed by atoms with Crippen LogP contribution in [0, 0.1) is 23.4 Å². The van der Waals surface area contributed by atoms with E-state index in [0.717, 1.165) is 12.1 Å². The Morgan fingerprint density at radius 2 is 1.76 bits per heavy atom. The SMILES string of the molecule is CC(C)N1CC(C(=O)NC2CCN(C(=O)c3ccc(F)c(F)c3F)CC2)CC1=O. The van der Waals surface area contributed by atoms with Gasteiger partial charge in [0.05, 0.1) is 11.5 Å². The van der Waals surface area contributed by atoms with Crippen LogP contribution in [0.15, 0.2) is 12.1 Å². The van der Waals surface area contributed by atoms with Crippen LogP contribution in [-0.4, -0.2) is 59.2 Å². The molecule has 9 heteroatoms. The standard InChI is InChI=1S/C20H24F3N3O3/c1-11(2)26-10-12(9-16(26)27)19(28)24-13-5-7-25(8-6-13)20(29)14-3-4-15(21)18(23)17(14)22/h3-4,11-13H,5-10H2,1-2H3,(H,24,28). The van der Waals surface area contributed by atoms with Gasteiger partial charge in [-0.05, 0) is 38.8 Å². The summed E-state index contributed by atoms with van der Waals surface area (Å²) in [5.41, 5.74) is -0.510. The number of halogens is 3. The molecule has 1 aromatic rings. The molecule has 0 saturated carbocycles. The molecule has 1 atom stereocenters. The number of carbonyl (C=O) groups excluding carboxylic acids is 3. The monoisotopic (exact) mass is 411 g/mol. The first-order valence-electron chi connectivity index (χ1n) is 9.71. The average Bonchev–Trinajstić information content (AvgIpc) is 3.08. The Morgan fingerprint density at radius 3 is 2.34 bits per heavy atom. The topological polar surface area (TPSA) is 69.7 Å². The minimum Gasteiger partial charge on any atom is -0.353 e. The second-order valence-corrected chi connectivity index (χ2v) is 7.84. The van der Waals surface area contributed by atoms with E-state index < -0.39 is 28.9 Å². The lowest BCUT2D eigenvalue weighted by Crippen LogP contribution is -2.48. The summed E-state index contributed by atoms with van der Waals surface area (Å²) >= 11 is 0. The number of hydrogen-bond acceptors (Lipinski definition) is 3. The molecule has 2 fully saturated rings. The minimum atomic E-state index is -1.67. The molecule has 6 nitrogen and oxygen atoms in total. The predicted octanol–water partition coefficient (Wildman–Crippen LogP) is 2.08. The van der Waals surface area contributed by atoms with Crippen molar-refractivity contribution in [2.45, 2.75) is 45.2 Å². The van der Waals surface area contributed by atoms with Crippen LogP contribution in [0.4, 0.5) is 13.2 Å². The first kappa shape index (κ1) is 21.1. The lowest BCUT2D eigenvalue weighted by molar-refractivity contribution is -0.130. The van der Waals surface area contributed by atoms with E-state index in [2.05, 4.69) is 5.32 Å². The summed E-state index contributed by atoms with van der Waals surface area (Å²) in [5.74, 6) is -5.82. The highest BCUT2D eigenvalue weighted by Gasteiger charge is 2.36. The van der Waals surface area contributed by atoms with Gasteiger partial charge in [0, 0.05) is 38.1 Å². The lowest BCUT2D eigenvalue weighted by Gasteiger charge is -2.33. The molecule has 1 aromatic carbocycles. The summed E-state index contributed by atoms with van der Waals surface area (Å²) in [4.78, 5) is 39.9. The third kappa shape index (κ3) is 4.38. The molecule has 0 radical (unpaired) electrons. The highest BCUT2D eigenvalue weighted by molar-refractivity contribution is 5.94. The maximum absolute atomic E-state index is 13.9. The van der Waals surface area contributed by atoms with Gasteiger partial charge in [-0.3, -0.25) is 14.4 Å². The summed E-state index contributed by atoms with van der Waals surface area (Å²) in [6.07, 6.45) is 1.10. The molecule has 0 aromatic heterocycles. The molecule has 2 saturated heterocycles. The van der Waals surface area contributed by atoms with Gasteiger partial charge >= 0.3 is 0 Å². The van der Waals surface area contributed by atoms with Crippen LogP contribution in [0.2, 0.25) is 0 Å². The Bertz CT molecular complexity index is 823. The zero-order valence-corrected chi connectivity index (χ0v) is 16.4. The number of hydrogen-bond donors (Lipinski definition) is 1. The molecule has 29 heavy (non-hydrogen) atoms. The lowest BCUT2D eigenvalue weighted by atomic mass is 10.0. The minimum absolute atomic E-state index is 0.0332. The molecule has 158 valence electrons. The van der Waals surface area contributed by atoms with Crippen LogP contribution >= 0.6 is 0 Å². The van der Waals surface area contributed by atoms with Crippen molar-refractivity contribution in [1.29, 1.82) is 0 Å². The van der Waals surface area contributed by atoms with Gasteiger partial charge in [-0.25, -0.2) is 13.2 Å². The maximum Gasteiger partial charge on any atom is 0.256 e. The van der Waals surface area contributed by atoms with Crippen molar-refractivity contribution in [2.75, 3.05) is 19.6 Å². The van der Waals surface area contributed by atoms with E-state index in [1.807, 2.05) is 13.8 Å². The van der Waals surface area contributed by atoms with Crippen molar-refractivity contribution >= 4 is 17.7 Å². The number of nitrogens with zero attached hydrogens (tertiary/aromatic N) is 2. The highest BCUT2D eigenvalue weighted by atomic mass is 19.2. The van der Waals surface area contributed by atoms with E-state index in [4.69, 9.17) is 0 Å². The first-order chi connectivity index (χ1) is 13.7. The number of rotatable bonds is 4. The summed E-state index contributed by atoms with van der Waals surface area (Å²) in [7, 11) is 0. The molecule has 1 unspecified atom stereocenters. The van der Waals surface area contributed by atoms with Crippen LogP contribution in [0.3, 0.4) is 0 Å². The van der Waals surface area contributed by atoms with Crippen molar-refractivity contribution in [3.05, 3.63) is 35.1 Å². The van der Waals surface area contributed by atoms with Gasteiger partial charge in [0.2, 0.25) is 11.8 Å². The van der Waals surface area contributed by atoms with Gasteiger partial charge in [0.25, 0.3) is 5.91 Å². The smallest absolute Gasteiger partial charge is 0.256 e. The zero-order valence-electron chi connectivity index (χ0n) is 16.4. The van der Waals surface area contributed by atoms with E-state index in [1.165, 1.54) is 4.90 Å². The molecule has 0 aliphatic carbocycles. The van der Waals surface area contributed by atoms with Crippen LogP contribution in [0.5, 0.6) is 0 Å². The van der Waals surface area contributed by atoms with E-state index >= 15 is 0 Å². The molecule has 0 spiro atoms. The zero-order chi connectivity index (χ0) is 21.3. The van der Waals surface area contributed by atoms with Crippen molar-refractivity contribution in [2.24, 2.45) is 5.92 Å². The van der Waals surface area contributed by atoms with E-state index in [0.29, 0.717) is 19.4 Å². The molecule has 0 bridgehead atoms. The fourth-order valence-corrected chi connectivity index (χ4v) is 3.81. The number of piperidine rings is 1. The van der Waals surface area contributed by atoms with Crippen LogP contribution in [0.1, 0.15) is 43.5 Å². The Kier molecular flexibility index (Phi) is 6.14. The predicted molar refractivity (Wildman–Crippen MR) is 98.3 cm³/mol. The molecular formula is C20H24F3N3O3. The van der Waals surface area contributed by atoms with Crippen LogP contribution in [0.25, 0.3) is 0 Å². The van der Waals surface area contributed by atoms with Gasteiger partial charge in [-0.1, -0.05) is 0 Å². The normalized spacial score (nSPS) is 20.5. The number of amides is 3. The second kappa shape index (κ2) is 8.42. The largest absolute Gasteiger partial charge is 0.353 e. The Balaban J connectivity index is 1.53. The van der Waals surface area contributed by atoms with Gasteiger partial charge in [0.1, 0.15) is 0 Å². The van der Waals surface area contributed by atoms with Crippen molar-refractivity contribution < 1.29 is 27.6 Å². The molecule has 2 heterocycles. The molecule has 3 amide bonds. The Hall–Kier alpha value is -2.58. The quantitative estimate of drug-likeness (QED) is 0.772. The maximum atomic E-state index is 13.9. The number of carbonyl (C=O) groups is 3. The fourth-order valence-electron chi connectivity index (χ4n) is 3.81. The summed E-state index contributed by atoms with van der Waals surface area (Å²) in [5, 5.41) is 2.93. The first-order valence-corrected chi connectivity index (χ1v) is 9.71. The molecule has 2 aliphatic rings. The highest BCUT2D eigenvalue weighted by Crippen LogP contribution is 2.22. The number of nitrogens with one attached hydrogen (secondary N) is 1. The Morgan fingerprint density at radius 1 is 1.10 bits per heavy atom. The fraction of sp³-hybridized carbons (Fsp3) is 0.550. The van der Waals surface area contributed by atoms with Gasteiger partial charge in [0.15, 0.2) is 17.5 Å². The summed E-state index contributed by atoms with van der Waals surface area (Å²) < 4.78 is 40.3. The Labute approximate surface area is 167 Å². The molecular weight excluding hydrogens is 387 g/mol. The number of benzene rings is 1. The molecule has 1 N–H and O–H groups in total. The van der Waals surface area contributed by atoms with Crippen LogP contribution in [-0.2, 0) is 9.59 Å². The third-order valence-corrected chi connectivity index (χ3v) is 5.55. The molecule has 2 aliphatic heterocycles. The van der Waals surface area contributed by atoms with E-state index in [9.17, 15) is 27.6 Å². The van der Waals surface area contributed by atoms with Crippen molar-refractivity contribution in [3.63, 3.8) is 0 Å². The van der Waals surface area contributed by atoms with Gasteiger partial charge in [-0.2, -0.15) is 0 Å². The van der Waals surface area contributed by atoms with Crippen LogP contribution < -0.4 is 5.32 Å². The van der Waals surface area contributed by atoms with Crippen molar-refractivity contribution in [1.82, 2.24) is 15.1 Å². The van der Waals surface area contributed by atoms with E-state index in [-0.39, 0.29) is 49.3 Å². The second-order valence-electron chi connectivity index (χ2n) is 7.84. The number of likely N-dealkylation sites (tertiary alicyclic amines) is 2. The third-order valence-electron chi connectivity index (χ3n) is 5.55. The van der Waals surface area contributed by atoms with Crippen molar-refractivity contribution in [3.8, 4) is 0 Å². The average molecular weight is 411 g/mol. The molecule has 3 rings (SSSR count). The van der Waals surface area contributed by atoms with Gasteiger partial charge in [-0.15, -0.1) is 0 Å². The van der Waals surface area contributed by atoms with Gasteiger partial charge < -0.3 is 15.1 Å².